The minimum atomic E-state index is -1.58. The number of urea groups is 1. The summed E-state index contributed by atoms with van der Waals surface area (Å²) in [6.07, 6.45) is 1.05. The largest absolute Gasteiger partial charge is 0.322 e. The standard InChI is InChI=1S/C14H18F3N3O/c1-2-5-19-6-8-20(9-7-19)14(21)18-11-4-3-10(15)12(16)13(11)17/h3-4H,2,5-9H2,1H3,(H,18,21). The Hall–Kier alpha value is -1.76. The number of halogens is 3. The van der Waals surface area contributed by atoms with E-state index in [-0.39, 0.29) is 5.69 Å². The molecular weight excluding hydrogens is 283 g/mol. The third-order valence-electron chi connectivity index (χ3n) is 3.48. The van der Waals surface area contributed by atoms with Gasteiger partial charge < -0.3 is 10.2 Å². The number of piperazine rings is 1. The number of carbonyl (C=O) groups excluding carboxylic acids is 1. The van der Waals surface area contributed by atoms with Gasteiger partial charge in [0.05, 0.1) is 5.69 Å². The van der Waals surface area contributed by atoms with Gasteiger partial charge in [-0.15, -0.1) is 0 Å². The highest BCUT2D eigenvalue weighted by atomic mass is 19.2. The molecule has 1 heterocycles. The number of carbonyl (C=O) groups is 1. The zero-order chi connectivity index (χ0) is 15.4. The van der Waals surface area contributed by atoms with E-state index in [2.05, 4.69) is 17.1 Å². The fourth-order valence-corrected chi connectivity index (χ4v) is 2.31. The lowest BCUT2D eigenvalue weighted by atomic mass is 10.2. The van der Waals surface area contributed by atoms with Gasteiger partial charge in [-0.25, -0.2) is 18.0 Å². The van der Waals surface area contributed by atoms with Crippen LogP contribution in [0.5, 0.6) is 0 Å². The van der Waals surface area contributed by atoms with Crippen LogP contribution in [0, 0.1) is 17.5 Å². The van der Waals surface area contributed by atoms with Crippen LogP contribution in [0.2, 0.25) is 0 Å². The third kappa shape index (κ3) is 3.66. The van der Waals surface area contributed by atoms with Gasteiger partial charge in [-0.1, -0.05) is 6.92 Å². The molecule has 1 aromatic carbocycles. The van der Waals surface area contributed by atoms with E-state index >= 15 is 0 Å². The van der Waals surface area contributed by atoms with Crippen molar-refractivity contribution in [1.82, 2.24) is 9.80 Å². The number of nitrogens with zero attached hydrogens (tertiary/aromatic N) is 2. The van der Waals surface area contributed by atoms with Gasteiger partial charge in [0.15, 0.2) is 17.5 Å². The molecule has 7 heteroatoms. The topological polar surface area (TPSA) is 35.6 Å². The number of nitrogens with one attached hydrogen (secondary N) is 1. The Bertz CT molecular complexity index is 516. The van der Waals surface area contributed by atoms with Crippen molar-refractivity contribution in [3.8, 4) is 0 Å². The van der Waals surface area contributed by atoms with Crippen LogP contribution >= 0.6 is 0 Å². The summed E-state index contributed by atoms with van der Waals surface area (Å²) in [5, 5.41) is 2.28. The Kier molecular flexibility index (Phi) is 5.06. The fraction of sp³-hybridized carbons (Fsp3) is 0.500. The molecule has 1 fully saturated rings. The summed E-state index contributed by atoms with van der Waals surface area (Å²) in [5.74, 6) is -4.24. The second-order valence-corrected chi connectivity index (χ2v) is 4.98. The number of hydrogen-bond acceptors (Lipinski definition) is 2. The summed E-state index contributed by atoms with van der Waals surface area (Å²) in [6, 6.07) is 1.29. The highest BCUT2D eigenvalue weighted by Gasteiger charge is 2.22. The van der Waals surface area contributed by atoms with Gasteiger partial charge in [0.2, 0.25) is 0 Å². The van der Waals surface area contributed by atoms with Crippen LogP contribution in [-0.2, 0) is 0 Å². The Balaban J connectivity index is 1.95. The molecule has 1 aromatic rings. The Morgan fingerprint density at radius 1 is 1.14 bits per heavy atom. The monoisotopic (exact) mass is 301 g/mol. The Morgan fingerprint density at radius 3 is 2.43 bits per heavy atom. The van der Waals surface area contributed by atoms with E-state index in [0.29, 0.717) is 13.1 Å². The second kappa shape index (κ2) is 6.80. The van der Waals surface area contributed by atoms with E-state index in [1.165, 1.54) is 4.90 Å². The van der Waals surface area contributed by atoms with Crippen molar-refractivity contribution in [3.63, 3.8) is 0 Å². The van der Waals surface area contributed by atoms with Crippen LogP contribution in [0.25, 0.3) is 0 Å². The highest BCUT2D eigenvalue weighted by molar-refractivity contribution is 5.89. The molecule has 0 unspecified atom stereocenters. The molecule has 1 aliphatic rings. The normalized spacial score (nSPS) is 16.1. The van der Waals surface area contributed by atoms with Gasteiger partial charge in [-0.2, -0.15) is 0 Å². The molecule has 4 nitrogen and oxygen atoms in total. The van der Waals surface area contributed by atoms with Gasteiger partial charge in [0.1, 0.15) is 0 Å². The molecule has 1 N–H and O–H groups in total. The van der Waals surface area contributed by atoms with E-state index in [4.69, 9.17) is 0 Å². The van der Waals surface area contributed by atoms with E-state index in [1.807, 2.05) is 0 Å². The predicted molar refractivity (Wildman–Crippen MR) is 73.6 cm³/mol. The predicted octanol–water partition coefficient (Wildman–Crippen LogP) is 2.66. The molecule has 1 saturated heterocycles. The van der Waals surface area contributed by atoms with Crippen LogP contribution in [0.3, 0.4) is 0 Å². The summed E-state index contributed by atoms with van der Waals surface area (Å²) < 4.78 is 39.4. The van der Waals surface area contributed by atoms with Gasteiger partial charge in [-0.05, 0) is 25.1 Å². The van der Waals surface area contributed by atoms with Crippen molar-refractivity contribution in [2.45, 2.75) is 13.3 Å². The molecule has 0 atom stereocenters. The summed E-state index contributed by atoms with van der Waals surface area (Å²) in [5.41, 5.74) is -0.352. The zero-order valence-corrected chi connectivity index (χ0v) is 11.8. The van der Waals surface area contributed by atoms with Crippen molar-refractivity contribution < 1.29 is 18.0 Å². The lowest BCUT2D eigenvalue weighted by molar-refractivity contribution is 0.147. The highest BCUT2D eigenvalue weighted by Crippen LogP contribution is 2.20. The molecule has 0 radical (unpaired) electrons. The van der Waals surface area contributed by atoms with Crippen molar-refractivity contribution >= 4 is 11.7 Å². The minimum absolute atomic E-state index is 0.352. The van der Waals surface area contributed by atoms with Gasteiger partial charge in [0.25, 0.3) is 0 Å². The summed E-state index contributed by atoms with van der Waals surface area (Å²) in [7, 11) is 0. The molecule has 1 aliphatic heterocycles. The maximum Gasteiger partial charge on any atom is 0.322 e. The van der Waals surface area contributed by atoms with Crippen LogP contribution < -0.4 is 5.32 Å². The number of benzene rings is 1. The molecule has 0 aromatic heterocycles. The average molecular weight is 301 g/mol. The number of amides is 2. The first-order valence-electron chi connectivity index (χ1n) is 6.94. The van der Waals surface area contributed by atoms with Crippen molar-refractivity contribution in [1.29, 1.82) is 0 Å². The minimum Gasteiger partial charge on any atom is -0.322 e. The van der Waals surface area contributed by atoms with Crippen LogP contribution in [-0.4, -0.2) is 48.6 Å². The number of anilines is 1. The summed E-state index contributed by atoms with van der Waals surface area (Å²) >= 11 is 0. The SMILES string of the molecule is CCCN1CCN(C(=O)Nc2ccc(F)c(F)c2F)CC1. The quantitative estimate of drug-likeness (QED) is 0.871. The van der Waals surface area contributed by atoms with Crippen LogP contribution in [0.15, 0.2) is 12.1 Å². The van der Waals surface area contributed by atoms with E-state index in [1.54, 1.807) is 0 Å². The molecule has 2 amide bonds. The second-order valence-electron chi connectivity index (χ2n) is 4.98. The molecular formula is C14H18F3N3O. The number of rotatable bonds is 3. The van der Waals surface area contributed by atoms with Crippen molar-refractivity contribution in [2.24, 2.45) is 0 Å². The molecule has 0 bridgehead atoms. The number of hydrogen-bond donors (Lipinski definition) is 1. The van der Waals surface area contributed by atoms with Crippen molar-refractivity contribution in [3.05, 3.63) is 29.6 Å². The van der Waals surface area contributed by atoms with E-state index in [0.717, 1.165) is 38.2 Å². The third-order valence-corrected chi connectivity index (χ3v) is 3.48. The molecule has 0 spiro atoms. The lowest BCUT2D eigenvalue weighted by Gasteiger charge is -2.34. The molecule has 0 aliphatic carbocycles. The van der Waals surface area contributed by atoms with Crippen LogP contribution in [0.4, 0.5) is 23.7 Å². The fourth-order valence-electron chi connectivity index (χ4n) is 2.31. The van der Waals surface area contributed by atoms with Crippen LogP contribution in [0.1, 0.15) is 13.3 Å². The first-order chi connectivity index (χ1) is 10.0. The van der Waals surface area contributed by atoms with Gasteiger partial charge >= 0.3 is 6.03 Å². The lowest BCUT2D eigenvalue weighted by Crippen LogP contribution is -2.50. The Morgan fingerprint density at radius 2 is 1.81 bits per heavy atom. The molecule has 116 valence electrons. The molecule has 0 saturated carbocycles. The van der Waals surface area contributed by atoms with Gasteiger partial charge in [-0.3, -0.25) is 4.90 Å². The zero-order valence-electron chi connectivity index (χ0n) is 11.8. The van der Waals surface area contributed by atoms with Crippen molar-refractivity contribution in [2.75, 3.05) is 38.0 Å². The maximum atomic E-state index is 13.5. The summed E-state index contributed by atoms with van der Waals surface area (Å²) in [6.45, 7) is 5.62. The van der Waals surface area contributed by atoms with E-state index in [9.17, 15) is 18.0 Å². The first-order valence-corrected chi connectivity index (χ1v) is 6.94. The maximum absolute atomic E-state index is 13.5. The van der Waals surface area contributed by atoms with E-state index < -0.39 is 23.5 Å². The first kappa shape index (κ1) is 15.6. The smallest absolute Gasteiger partial charge is 0.322 e. The molecule has 2 rings (SSSR count). The summed E-state index contributed by atoms with van der Waals surface area (Å²) in [4.78, 5) is 15.8. The van der Waals surface area contributed by atoms with Gasteiger partial charge in [0, 0.05) is 26.2 Å². The molecule has 21 heavy (non-hydrogen) atoms. The average Bonchev–Trinajstić information content (AvgIpc) is 2.49. The Labute approximate surface area is 121 Å².